The van der Waals surface area contributed by atoms with Gasteiger partial charge in [-0.05, 0) is 77.0 Å². The summed E-state index contributed by atoms with van der Waals surface area (Å²) in [7, 11) is 0. The number of esters is 3. The van der Waals surface area contributed by atoms with E-state index in [4.69, 9.17) is 14.2 Å². The smallest absolute Gasteiger partial charge is 0.306 e. The Morgan fingerprint density at radius 1 is 0.382 bits per heavy atom. The van der Waals surface area contributed by atoms with Crippen LogP contribution >= 0.6 is 0 Å². The van der Waals surface area contributed by atoms with Crippen molar-refractivity contribution in [1.29, 1.82) is 0 Å². The third-order valence-corrected chi connectivity index (χ3v) is 9.82. The molecule has 0 radical (unpaired) electrons. The molecule has 55 heavy (non-hydrogen) atoms. The molecule has 0 aromatic rings. The predicted molar refractivity (Wildman–Crippen MR) is 233 cm³/mol. The van der Waals surface area contributed by atoms with Crippen molar-refractivity contribution in [2.75, 3.05) is 13.2 Å². The van der Waals surface area contributed by atoms with Gasteiger partial charge in [0.05, 0.1) is 0 Å². The lowest BCUT2D eigenvalue weighted by molar-refractivity contribution is -0.167. The normalized spacial score (nSPS) is 12.4. The van der Waals surface area contributed by atoms with Crippen molar-refractivity contribution in [2.24, 2.45) is 0 Å². The first-order valence-corrected chi connectivity index (χ1v) is 23.1. The molecule has 0 rings (SSSR count). The van der Waals surface area contributed by atoms with E-state index in [2.05, 4.69) is 69.4 Å². The molecule has 0 heterocycles. The number of carbonyl (C=O) groups excluding carboxylic acids is 3. The summed E-state index contributed by atoms with van der Waals surface area (Å²) in [5.74, 6) is -0.939. The number of rotatable bonds is 41. The molecule has 0 amide bonds. The van der Waals surface area contributed by atoms with Crippen LogP contribution in [0.25, 0.3) is 0 Å². The van der Waals surface area contributed by atoms with Gasteiger partial charge in [-0.15, -0.1) is 0 Å². The van der Waals surface area contributed by atoms with Crippen molar-refractivity contribution in [3.8, 4) is 0 Å². The van der Waals surface area contributed by atoms with Gasteiger partial charge in [-0.2, -0.15) is 0 Å². The molecule has 6 heteroatoms. The Balaban J connectivity index is 4.43. The highest BCUT2D eigenvalue weighted by molar-refractivity contribution is 5.71. The van der Waals surface area contributed by atoms with Crippen molar-refractivity contribution in [2.45, 2.75) is 232 Å². The summed E-state index contributed by atoms with van der Waals surface area (Å²) in [6, 6.07) is 0. The summed E-state index contributed by atoms with van der Waals surface area (Å²) < 4.78 is 16.7. The molecule has 0 aromatic heterocycles. The van der Waals surface area contributed by atoms with Gasteiger partial charge in [0.2, 0.25) is 0 Å². The molecule has 0 aliphatic heterocycles. The molecule has 318 valence electrons. The molecule has 6 nitrogen and oxygen atoms in total. The molecule has 0 N–H and O–H groups in total. The van der Waals surface area contributed by atoms with Crippen LogP contribution in [0.5, 0.6) is 0 Å². The van der Waals surface area contributed by atoms with E-state index in [0.29, 0.717) is 19.3 Å². The number of hydrogen-bond acceptors (Lipinski definition) is 6. The zero-order valence-corrected chi connectivity index (χ0v) is 36.2. The van der Waals surface area contributed by atoms with Gasteiger partial charge in [0.25, 0.3) is 0 Å². The van der Waals surface area contributed by atoms with Crippen LogP contribution in [-0.2, 0) is 28.6 Å². The van der Waals surface area contributed by atoms with Gasteiger partial charge in [0.15, 0.2) is 6.10 Å². The molecule has 0 aliphatic rings. The summed E-state index contributed by atoms with van der Waals surface area (Å²) >= 11 is 0. The van der Waals surface area contributed by atoms with Gasteiger partial charge in [-0.3, -0.25) is 14.4 Å². The lowest BCUT2D eigenvalue weighted by Crippen LogP contribution is -2.30. The minimum atomic E-state index is -0.791. The standard InChI is InChI=1S/C49H86O6/c1-4-7-10-13-16-19-22-25-28-30-33-36-39-42-48(51)54-45-46(55-49(52)43-40-37-34-31-27-24-21-18-15-12-9-6-3)44-53-47(50)41-38-35-32-29-26-23-20-17-14-11-8-5-2/h9,12,17-18,20-21,27,31,46H,4-8,10-11,13-16,19,22-26,28-30,32-45H2,1-3H3/b12-9-,20-17-,21-18-,31-27-. The lowest BCUT2D eigenvalue weighted by Gasteiger charge is -2.18. The van der Waals surface area contributed by atoms with E-state index in [-0.39, 0.29) is 37.5 Å². The molecule has 1 unspecified atom stereocenters. The Hall–Kier alpha value is -2.63. The summed E-state index contributed by atoms with van der Waals surface area (Å²) in [4.78, 5) is 37.7. The second-order valence-electron chi connectivity index (χ2n) is 15.3. The van der Waals surface area contributed by atoms with E-state index in [9.17, 15) is 14.4 Å². The van der Waals surface area contributed by atoms with E-state index in [1.165, 1.54) is 103 Å². The van der Waals surface area contributed by atoms with Crippen LogP contribution in [0.3, 0.4) is 0 Å². The number of unbranched alkanes of at least 4 members (excludes halogenated alkanes) is 22. The van der Waals surface area contributed by atoms with Gasteiger partial charge in [-0.25, -0.2) is 0 Å². The molecule has 0 saturated carbocycles. The van der Waals surface area contributed by atoms with Crippen molar-refractivity contribution in [3.63, 3.8) is 0 Å². The van der Waals surface area contributed by atoms with Crippen LogP contribution in [0.1, 0.15) is 226 Å². The lowest BCUT2D eigenvalue weighted by atomic mass is 10.0. The van der Waals surface area contributed by atoms with Gasteiger partial charge in [-0.1, -0.05) is 179 Å². The molecule has 0 aromatic carbocycles. The average Bonchev–Trinajstić information content (AvgIpc) is 3.18. The quantitative estimate of drug-likeness (QED) is 0.0267. The molecular formula is C49H86O6. The summed E-state index contributed by atoms with van der Waals surface area (Å²) in [6.45, 7) is 6.45. The van der Waals surface area contributed by atoms with Gasteiger partial charge < -0.3 is 14.2 Å². The topological polar surface area (TPSA) is 78.9 Å². The van der Waals surface area contributed by atoms with Crippen molar-refractivity contribution >= 4 is 17.9 Å². The minimum absolute atomic E-state index is 0.0894. The Morgan fingerprint density at radius 2 is 0.709 bits per heavy atom. The van der Waals surface area contributed by atoms with Crippen LogP contribution in [0.15, 0.2) is 48.6 Å². The largest absolute Gasteiger partial charge is 0.462 e. The second kappa shape index (κ2) is 44.1. The zero-order chi connectivity index (χ0) is 40.1. The third-order valence-electron chi connectivity index (χ3n) is 9.82. The number of ether oxygens (including phenoxy) is 3. The van der Waals surface area contributed by atoms with E-state index in [1.807, 2.05) is 0 Å². The Labute approximate surface area is 339 Å². The summed E-state index contributed by atoms with van der Waals surface area (Å²) in [5.41, 5.74) is 0. The Bertz CT molecular complexity index is 980. The first-order valence-electron chi connectivity index (χ1n) is 23.1. The van der Waals surface area contributed by atoms with E-state index in [0.717, 1.165) is 77.0 Å². The first kappa shape index (κ1) is 52.4. The van der Waals surface area contributed by atoms with Gasteiger partial charge >= 0.3 is 17.9 Å². The van der Waals surface area contributed by atoms with Crippen LogP contribution in [-0.4, -0.2) is 37.2 Å². The predicted octanol–water partition coefficient (Wildman–Crippen LogP) is 14.8. The highest BCUT2D eigenvalue weighted by atomic mass is 16.6. The number of carbonyl (C=O) groups is 3. The SMILES string of the molecule is CC/C=C\C/C=C\C/C=C\CCCCC(=O)OC(COC(=O)CCCCCCC/C=C\CCCCC)COC(=O)CCCCCCCCCCCCCCC. The first-order chi connectivity index (χ1) is 27.0. The number of allylic oxidation sites excluding steroid dienone is 8. The average molecular weight is 771 g/mol. The van der Waals surface area contributed by atoms with E-state index >= 15 is 0 Å². The van der Waals surface area contributed by atoms with Crippen molar-refractivity contribution in [1.82, 2.24) is 0 Å². The Morgan fingerprint density at radius 3 is 1.20 bits per heavy atom. The molecule has 0 saturated heterocycles. The fourth-order valence-corrected chi connectivity index (χ4v) is 6.33. The summed E-state index contributed by atoms with van der Waals surface area (Å²) in [5, 5.41) is 0. The third kappa shape index (κ3) is 42.4. The minimum Gasteiger partial charge on any atom is -0.462 e. The van der Waals surface area contributed by atoms with Crippen molar-refractivity contribution < 1.29 is 28.6 Å². The maximum atomic E-state index is 12.7. The molecule has 0 spiro atoms. The second-order valence-corrected chi connectivity index (χ2v) is 15.3. The van der Waals surface area contributed by atoms with Crippen LogP contribution in [0, 0.1) is 0 Å². The highest BCUT2D eigenvalue weighted by Crippen LogP contribution is 2.14. The molecule has 1 atom stereocenters. The van der Waals surface area contributed by atoms with Crippen molar-refractivity contribution in [3.05, 3.63) is 48.6 Å². The fourth-order valence-electron chi connectivity index (χ4n) is 6.33. The van der Waals surface area contributed by atoms with E-state index < -0.39 is 6.10 Å². The van der Waals surface area contributed by atoms with E-state index in [1.54, 1.807) is 0 Å². The van der Waals surface area contributed by atoms with Gasteiger partial charge in [0, 0.05) is 19.3 Å². The number of hydrogen-bond donors (Lipinski definition) is 0. The molecule has 0 aliphatic carbocycles. The maximum absolute atomic E-state index is 12.7. The Kier molecular flexibility index (Phi) is 42.0. The van der Waals surface area contributed by atoms with Crippen LogP contribution < -0.4 is 0 Å². The van der Waals surface area contributed by atoms with Crippen LogP contribution in [0.2, 0.25) is 0 Å². The maximum Gasteiger partial charge on any atom is 0.306 e. The molecular weight excluding hydrogens is 685 g/mol. The monoisotopic (exact) mass is 771 g/mol. The molecule has 0 bridgehead atoms. The highest BCUT2D eigenvalue weighted by Gasteiger charge is 2.19. The fraction of sp³-hybridized carbons (Fsp3) is 0.776. The van der Waals surface area contributed by atoms with Crippen LogP contribution in [0.4, 0.5) is 0 Å². The van der Waals surface area contributed by atoms with Gasteiger partial charge in [0.1, 0.15) is 13.2 Å². The zero-order valence-electron chi connectivity index (χ0n) is 36.2. The summed E-state index contributed by atoms with van der Waals surface area (Å²) in [6.07, 6.45) is 50.9. The molecule has 0 fully saturated rings.